The number of carbonyl (C=O) groups excluding carboxylic acids is 1. The zero-order valence-corrected chi connectivity index (χ0v) is 11.9. The summed E-state index contributed by atoms with van der Waals surface area (Å²) in [5.41, 5.74) is 1.83. The molecule has 0 saturated heterocycles. The maximum absolute atomic E-state index is 12.0. The largest absolute Gasteiger partial charge is 0.332 e. The van der Waals surface area contributed by atoms with Gasteiger partial charge in [-0.1, -0.05) is 5.21 Å². The predicted molar refractivity (Wildman–Crippen MR) is 76.1 cm³/mol. The van der Waals surface area contributed by atoms with Crippen molar-refractivity contribution in [3.8, 4) is 0 Å². The first-order valence-electron chi connectivity index (χ1n) is 7.02. The number of nitrogens with zero attached hydrogens (tertiary/aromatic N) is 4. The molecule has 0 spiro atoms. The van der Waals surface area contributed by atoms with E-state index in [0.717, 1.165) is 24.1 Å². The van der Waals surface area contributed by atoms with Gasteiger partial charge in [-0.15, -0.1) is 5.10 Å². The summed E-state index contributed by atoms with van der Waals surface area (Å²) in [5, 5.41) is 13.6. The SMILES string of the molecule is Cn1cc(CNC(=O)NC(c2ccncc2)C2CC2)nn1. The highest BCUT2D eigenvalue weighted by atomic mass is 16.2. The number of pyridine rings is 1. The Kier molecular flexibility index (Phi) is 3.81. The average molecular weight is 286 g/mol. The molecular formula is C14H18N6O. The molecule has 3 rings (SSSR count). The highest BCUT2D eigenvalue weighted by Gasteiger charge is 2.33. The lowest BCUT2D eigenvalue weighted by molar-refractivity contribution is 0.235. The lowest BCUT2D eigenvalue weighted by Gasteiger charge is -2.18. The van der Waals surface area contributed by atoms with Crippen molar-refractivity contribution in [3.63, 3.8) is 0 Å². The molecule has 0 aliphatic heterocycles. The topological polar surface area (TPSA) is 84.7 Å². The minimum Gasteiger partial charge on any atom is -0.332 e. The Morgan fingerprint density at radius 3 is 2.81 bits per heavy atom. The summed E-state index contributed by atoms with van der Waals surface area (Å²) >= 11 is 0. The average Bonchev–Trinajstić information content (AvgIpc) is 3.26. The molecule has 7 nitrogen and oxygen atoms in total. The quantitative estimate of drug-likeness (QED) is 0.864. The summed E-state index contributed by atoms with van der Waals surface area (Å²) < 4.78 is 1.61. The first-order chi connectivity index (χ1) is 10.2. The maximum Gasteiger partial charge on any atom is 0.315 e. The summed E-state index contributed by atoms with van der Waals surface area (Å²) in [6.07, 6.45) is 7.59. The Hall–Kier alpha value is -2.44. The lowest BCUT2D eigenvalue weighted by atomic mass is 10.0. The van der Waals surface area contributed by atoms with Crippen molar-refractivity contribution in [2.75, 3.05) is 0 Å². The second-order valence-corrected chi connectivity index (χ2v) is 5.31. The number of carbonyl (C=O) groups is 1. The first kappa shape index (κ1) is 13.5. The Morgan fingerprint density at radius 1 is 1.43 bits per heavy atom. The van der Waals surface area contributed by atoms with Crippen LogP contribution >= 0.6 is 0 Å². The minimum absolute atomic E-state index is 0.0508. The molecule has 0 radical (unpaired) electrons. The fourth-order valence-electron chi connectivity index (χ4n) is 2.31. The van der Waals surface area contributed by atoms with Crippen LogP contribution in [0.25, 0.3) is 0 Å². The molecule has 1 aliphatic carbocycles. The van der Waals surface area contributed by atoms with E-state index in [9.17, 15) is 4.79 Å². The molecule has 0 bridgehead atoms. The van der Waals surface area contributed by atoms with Gasteiger partial charge in [0.15, 0.2) is 0 Å². The fourth-order valence-corrected chi connectivity index (χ4v) is 2.31. The van der Waals surface area contributed by atoms with Crippen LogP contribution in [0.1, 0.15) is 30.1 Å². The standard InChI is InChI=1S/C14H18N6O/c1-20-9-12(18-19-20)8-16-14(21)17-13(10-2-3-10)11-4-6-15-7-5-11/h4-7,9-10,13H,2-3,8H2,1H3,(H2,16,17,21). The molecule has 1 saturated carbocycles. The van der Waals surface area contributed by atoms with Crippen LogP contribution in [0.5, 0.6) is 0 Å². The summed E-state index contributed by atoms with van der Waals surface area (Å²) in [5.74, 6) is 0.523. The number of aryl methyl sites for hydroxylation is 1. The van der Waals surface area contributed by atoms with Gasteiger partial charge < -0.3 is 10.6 Å². The second-order valence-electron chi connectivity index (χ2n) is 5.31. The van der Waals surface area contributed by atoms with Crippen LogP contribution in [0.2, 0.25) is 0 Å². The molecule has 1 unspecified atom stereocenters. The van der Waals surface area contributed by atoms with Crippen LogP contribution in [0, 0.1) is 5.92 Å². The zero-order chi connectivity index (χ0) is 14.7. The molecule has 110 valence electrons. The van der Waals surface area contributed by atoms with E-state index in [1.165, 1.54) is 0 Å². The van der Waals surface area contributed by atoms with Crippen molar-refractivity contribution < 1.29 is 4.79 Å². The van der Waals surface area contributed by atoms with Crippen LogP contribution in [0.4, 0.5) is 4.79 Å². The number of aromatic nitrogens is 4. The lowest BCUT2D eigenvalue weighted by Crippen LogP contribution is -2.38. The third kappa shape index (κ3) is 3.56. The van der Waals surface area contributed by atoms with E-state index >= 15 is 0 Å². The third-order valence-electron chi connectivity index (χ3n) is 3.53. The van der Waals surface area contributed by atoms with Gasteiger partial charge in [0.2, 0.25) is 0 Å². The van der Waals surface area contributed by atoms with Crippen LogP contribution in [0.15, 0.2) is 30.7 Å². The van der Waals surface area contributed by atoms with E-state index in [-0.39, 0.29) is 12.1 Å². The van der Waals surface area contributed by atoms with Crippen molar-refractivity contribution in [1.29, 1.82) is 0 Å². The van der Waals surface area contributed by atoms with Gasteiger partial charge in [-0.05, 0) is 36.5 Å². The van der Waals surface area contributed by atoms with E-state index in [0.29, 0.717) is 12.5 Å². The molecule has 2 amide bonds. The van der Waals surface area contributed by atoms with E-state index in [1.54, 1.807) is 30.3 Å². The van der Waals surface area contributed by atoms with Gasteiger partial charge in [0.05, 0.1) is 12.6 Å². The van der Waals surface area contributed by atoms with Gasteiger partial charge in [0.1, 0.15) is 5.69 Å². The first-order valence-corrected chi connectivity index (χ1v) is 7.02. The highest BCUT2D eigenvalue weighted by molar-refractivity contribution is 5.74. The van der Waals surface area contributed by atoms with Gasteiger partial charge >= 0.3 is 6.03 Å². The minimum atomic E-state index is -0.186. The van der Waals surface area contributed by atoms with Crippen LogP contribution in [-0.2, 0) is 13.6 Å². The number of nitrogens with one attached hydrogen (secondary N) is 2. The number of hydrogen-bond acceptors (Lipinski definition) is 4. The van der Waals surface area contributed by atoms with Gasteiger partial charge in [0.25, 0.3) is 0 Å². The summed E-state index contributed by atoms with van der Waals surface area (Å²) in [4.78, 5) is 16.1. The number of amides is 2. The van der Waals surface area contributed by atoms with Crippen molar-refractivity contribution in [3.05, 3.63) is 42.0 Å². The molecule has 2 heterocycles. The summed E-state index contributed by atoms with van der Waals surface area (Å²) in [6, 6.07) is 3.77. The van der Waals surface area contributed by atoms with E-state index < -0.39 is 0 Å². The molecule has 1 fully saturated rings. The summed E-state index contributed by atoms with van der Waals surface area (Å²) in [6.45, 7) is 0.368. The molecule has 21 heavy (non-hydrogen) atoms. The van der Waals surface area contributed by atoms with Gasteiger partial charge in [-0.3, -0.25) is 9.67 Å². The van der Waals surface area contributed by atoms with Crippen LogP contribution in [0.3, 0.4) is 0 Å². The molecule has 1 aliphatic rings. The van der Waals surface area contributed by atoms with Crippen molar-refractivity contribution in [2.45, 2.75) is 25.4 Å². The summed E-state index contributed by atoms with van der Waals surface area (Å²) in [7, 11) is 1.79. The van der Waals surface area contributed by atoms with Crippen LogP contribution in [-0.4, -0.2) is 26.0 Å². The van der Waals surface area contributed by atoms with Gasteiger partial charge in [0, 0.05) is 25.6 Å². The van der Waals surface area contributed by atoms with E-state index in [2.05, 4.69) is 25.9 Å². The predicted octanol–water partition coefficient (Wildman–Crippen LogP) is 1.16. The molecule has 2 N–H and O–H groups in total. The second kappa shape index (κ2) is 5.90. The third-order valence-corrected chi connectivity index (χ3v) is 3.53. The van der Waals surface area contributed by atoms with Crippen molar-refractivity contribution in [1.82, 2.24) is 30.6 Å². The number of hydrogen-bond donors (Lipinski definition) is 2. The maximum atomic E-state index is 12.0. The van der Waals surface area contributed by atoms with E-state index in [1.807, 2.05) is 12.1 Å². The molecule has 7 heteroatoms. The zero-order valence-electron chi connectivity index (χ0n) is 11.9. The Bertz CT molecular complexity index is 607. The van der Waals surface area contributed by atoms with Gasteiger partial charge in [-0.2, -0.15) is 0 Å². The Labute approximate surface area is 122 Å². The highest BCUT2D eigenvalue weighted by Crippen LogP contribution is 2.40. The molecule has 2 aromatic heterocycles. The normalized spacial score (nSPS) is 15.5. The number of rotatable bonds is 5. The molecular weight excluding hydrogens is 268 g/mol. The Morgan fingerprint density at radius 2 is 2.19 bits per heavy atom. The van der Waals surface area contributed by atoms with Gasteiger partial charge in [-0.25, -0.2) is 4.79 Å². The fraction of sp³-hybridized carbons (Fsp3) is 0.429. The number of urea groups is 1. The smallest absolute Gasteiger partial charge is 0.315 e. The molecule has 1 atom stereocenters. The monoisotopic (exact) mass is 286 g/mol. The molecule has 2 aromatic rings. The van der Waals surface area contributed by atoms with Crippen molar-refractivity contribution >= 4 is 6.03 Å². The van der Waals surface area contributed by atoms with Crippen molar-refractivity contribution in [2.24, 2.45) is 13.0 Å². The van der Waals surface area contributed by atoms with Crippen LogP contribution < -0.4 is 10.6 Å². The van der Waals surface area contributed by atoms with E-state index in [4.69, 9.17) is 0 Å². The Balaban J connectivity index is 1.57. The molecule has 0 aromatic carbocycles.